The van der Waals surface area contributed by atoms with Gasteiger partial charge < -0.3 is 28.4 Å². The second kappa shape index (κ2) is 15.8. The van der Waals surface area contributed by atoms with Crippen molar-refractivity contribution in [2.24, 2.45) is 0 Å². The van der Waals surface area contributed by atoms with E-state index in [9.17, 15) is 0 Å². The zero-order valence-corrected chi connectivity index (χ0v) is 23.1. The fourth-order valence-electron chi connectivity index (χ4n) is 4.22. The van der Waals surface area contributed by atoms with Gasteiger partial charge in [0, 0.05) is 15.6 Å². The zero-order valence-electron chi connectivity index (χ0n) is 21.6. The van der Waals surface area contributed by atoms with Crippen molar-refractivity contribution >= 4 is 15.9 Å². The molecule has 0 unspecified atom stereocenters. The van der Waals surface area contributed by atoms with E-state index in [1.165, 1.54) is 0 Å². The Hall–Kier alpha value is -2.52. The van der Waals surface area contributed by atoms with Gasteiger partial charge in [0.1, 0.15) is 24.6 Å². The highest BCUT2D eigenvalue weighted by molar-refractivity contribution is 9.10. The first-order chi connectivity index (χ1) is 18.7. The molecular formula is C31H35BrO6. The molecule has 6 nitrogen and oxygen atoms in total. The highest BCUT2D eigenvalue weighted by Gasteiger charge is 2.18. The van der Waals surface area contributed by atoms with E-state index < -0.39 is 0 Å². The van der Waals surface area contributed by atoms with E-state index in [-0.39, 0.29) is 12.2 Å². The van der Waals surface area contributed by atoms with Crippen molar-refractivity contribution < 1.29 is 28.4 Å². The minimum atomic E-state index is -0.218. The van der Waals surface area contributed by atoms with Gasteiger partial charge in [-0.05, 0) is 23.3 Å². The van der Waals surface area contributed by atoms with Gasteiger partial charge in [-0.25, -0.2) is 0 Å². The van der Waals surface area contributed by atoms with Crippen LogP contribution in [0, 0.1) is 0 Å². The Morgan fingerprint density at radius 2 is 1.24 bits per heavy atom. The summed E-state index contributed by atoms with van der Waals surface area (Å²) in [5, 5.41) is 0. The quantitative estimate of drug-likeness (QED) is 0.316. The third-order valence-electron chi connectivity index (χ3n) is 6.04. The lowest BCUT2D eigenvalue weighted by molar-refractivity contribution is -0.0646. The summed E-state index contributed by atoms with van der Waals surface area (Å²) in [6.45, 7) is 7.52. The molecule has 7 heteroatoms. The number of benzene rings is 3. The minimum absolute atomic E-state index is 0.218. The molecule has 3 aromatic carbocycles. The maximum absolute atomic E-state index is 6.18. The summed E-state index contributed by atoms with van der Waals surface area (Å²) in [7, 11) is 0. The number of rotatable bonds is 5. The number of ether oxygens (including phenoxy) is 6. The van der Waals surface area contributed by atoms with Gasteiger partial charge in [0.15, 0.2) is 0 Å². The summed E-state index contributed by atoms with van der Waals surface area (Å²) in [5.74, 6) is 0.747. The van der Waals surface area contributed by atoms with Crippen molar-refractivity contribution in [3.8, 4) is 5.75 Å². The van der Waals surface area contributed by atoms with Crippen LogP contribution >= 0.6 is 15.9 Å². The maximum Gasteiger partial charge on any atom is 0.130 e. The Morgan fingerprint density at radius 3 is 1.71 bits per heavy atom. The predicted octanol–water partition coefficient (Wildman–Crippen LogP) is 6.59. The largest absolute Gasteiger partial charge is 0.489 e. The van der Waals surface area contributed by atoms with Crippen molar-refractivity contribution in [3.63, 3.8) is 0 Å². The Bertz CT molecular complexity index is 1030. The molecule has 0 saturated carbocycles. The van der Waals surface area contributed by atoms with Gasteiger partial charge in [0.2, 0.25) is 0 Å². The van der Waals surface area contributed by atoms with E-state index in [1.54, 1.807) is 6.08 Å². The third-order valence-corrected chi connectivity index (χ3v) is 6.50. The van der Waals surface area contributed by atoms with E-state index in [4.69, 9.17) is 28.4 Å². The SMILES string of the molecule is C=CCOc1c2cc(Br)cc1COC[C@H](c1ccccc1)OCCOCCO[C@@H](c1ccccc1)COC2. The highest BCUT2D eigenvalue weighted by atomic mass is 79.9. The summed E-state index contributed by atoms with van der Waals surface area (Å²) >= 11 is 3.65. The van der Waals surface area contributed by atoms with Crippen LogP contribution in [0.1, 0.15) is 34.5 Å². The van der Waals surface area contributed by atoms with Crippen molar-refractivity contribution in [3.05, 3.63) is 112 Å². The number of hydrogen-bond acceptors (Lipinski definition) is 6. The Balaban J connectivity index is 1.56. The normalized spacial score (nSPS) is 20.1. The Kier molecular flexibility index (Phi) is 11.8. The van der Waals surface area contributed by atoms with Crippen LogP contribution in [0.3, 0.4) is 0 Å². The van der Waals surface area contributed by atoms with Gasteiger partial charge in [0.25, 0.3) is 0 Å². The summed E-state index contributed by atoms with van der Waals surface area (Å²) in [6.07, 6.45) is 1.30. The van der Waals surface area contributed by atoms with Crippen LogP contribution in [0.15, 0.2) is 89.9 Å². The molecule has 0 N–H and O–H groups in total. The van der Waals surface area contributed by atoms with Crippen molar-refractivity contribution in [2.45, 2.75) is 25.4 Å². The van der Waals surface area contributed by atoms with Gasteiger partial charge in [-0.2, -0.15) is 0 Å². The van der Waals surface area contributed by atoms with Gasteiger partial charge in [0.05, 0.1) is 52.9 Å². The molecule has 0 aliphatic carbocycles. The van der Waals surface area contributed by atoms with E-state index in [0.29, 0.717) is 59.5 Å². The first-order valence-corrected chi connectivity index (χ1v) is 13.6. The fourth-order valence-corrected chi connectivity index (χ4v) is 4.78. The average Bonchev–Trinajstić information content (AvgIpc) is 2.94. The monoisotopic (exact) mass is 582 g/mol. The minimum Gasteiger partial charge on any atom is -0.489 e. The first kappa shape index (κ1) is 28.5. The first-order valence-electron chi connectivity index (χ1n) is 12.9. The van der Waals surface area contributed by atoms with Crippen LogP contribution in [-0.4, -0.2) is 46.2 Å². The van der Waals surface area contributed by atoms with Crippen LogP contribution in [0.25, 0.3) is 0 Å². The number of hydrogen-bond donors (Lipinski definition) is 0. The van der Waals surface area contributed by atoms with Gasteiger partial charge >= 0.3 is 0 Å². The van der Waals surface area contributed by atoms with Gasteiger partial charge in [-0.1, -0.05) is 89.2 Å². The van der Waals surface area contributed by atoms with Crippen molar-refractivity contribution in [2.75, 3.05) is 46.2 Å². The molecule has 2 bridgehead atoms. The molecule has 0 spiro atoms. The second-order valence-electron chi connectivity index (χ2n) is 8.84. The summed E-state index contributed by atoms with van der Waals surface area (Å²) < 4.78 is 37.5. The van der Waals surface area contributed by atoms with E-state index >= 15 is 0 Å². The fraction of sp³-hybridized carbons (Fsp3) is 0.355. The molecule has 0 amide bonds. The topological polar surface area (TPSA) is 55.4 Å². The lowest BCUT2D eigenvalue weighted by Crippen LogP contribution is -2.18. The molecule has 1 aliphatic heterocycles. The molecule has 1 heterocycles. The number of halogens is 1. The summed E-state index contributed by atoms with van der Waals surface area (Å²) in [4.78, 5) is 0. The van der Waals surface area contributed by atoms with Crippen molar-refractivity contribution in [1.82, 2.24) is 0 Å². The van der Waals surface area contributed by atoms with Crippen LogP contribution < -0.4 is 4.74 Å². The second-order valence-corrected chi connectivity index (χ2v) is 9.75. The highest BCUT2D eigenvalue weighted by Crippen LogP contribution is 2.31. The Labute approximate surface area is 233 Å². The standard InChI is InChI=1S/C31H35BrO6/c1-2-13-38-31-26-18-28(32)19-27(31)21-35-23-30(25-11-7-4-8-12-25)37-17-15-33-14-16-36-29(22-34-20-26)24-9-5-3-6-10-24/h2-12,18-19,29-30H,1,13-17,20-23H2/t29-,30-/m1/s1. The molecule has 0 fully saturated rings. The smallest absolute Gasteiger partial charge is 0.130 e. The molecule has 38 heavy (non-hydrogen) atoms. The average molecular weight is 584 g/mol. The molecule has 4 rings (SSSR count). The van der Waals surface area contributed by atoms with Crippen molar-refractivity contribution in [1.29, 1.82) is 0 Å². The number of fused-ring (bicyclic) bond motifs is 2. The zero-order chi connectivity index (χ0) is 26.4. The van der Waals surface area contributed by atoms with Crippen LogP contribution in [0.4, 0.5) is 0 Å². The third kappa shape index (κ3) is 8.76. The van der Waals surface area contributed by atoms with Crippen LogP contribution in [0.2, 0.25) is 0 Å². The van der Waals surface area contributed by atoms with Crippen LogP contribution in [0.5, 0.6) is 5.75 Å². The van der Waals surface area contributed by atoms with Crippen LogP contribution in [-0.2, 0) is 36.9 Å². The lowest BCUT2D eigenvalue weighted by Gasteiger charge is -2.22. The predicted molar refractivity (Wildman–Crippen MR) is 150 cm³/mol. The Morgan fingerprint density at radius 1 is 0.737 bits per heavy atom. The molecule has 1 aliphatic rings. The van der Waals surface area contributed by atoms with E-state index in [1.807, 2.05) is 72.8 Å². The summed E-state index contributed by atoms with van der Waals surface area (Å²) in [6, 6.07) is 24.2. The lowest BCUT2D eigenvalue weighted by atomic mass is 10.1. The molecule has 202 valence electrons. The van der Waals surface area contributed by atoms with Gasteiger partial charge in [-0.3, -0.25) is 0 Å². The molecule has 3 aromatic rings. The molecule has 2 atom stereocenters. The molecule has 0 radical (unpaired) electrons. The molecule has 0 saturated heterocycles. The maximum atomic E-state index is 6.18. The molecular weight excluding hydrogens is 548 g/mol. The summed E-state index contributed by atoms with van der Waals surface area (Å²) in [5.41, 5.74) is 3.96. The van der Waals surface area contributed by atoms with E-state index in [2.05, 4.69) is 22.5 Å². The van der Waals surface area contributed by atoms with E-state index in [0.717, 1.165) is 32.5 Å². The van der Waals surface area contributed by atoms with Gasteiger partial charge in [-0.15, -0.1) is 0 Å². The molecule has 0 aromatic heterocycles.